The maximum absolute atomic E-state index is 12.5. The third-order valence-electron chi connectivity index (χ3n) is 3.46. The molecule has 0 aliphatic heterocycles. The summed E-state index contributed by atoms with van der Waals surface area (Å²) in [6, 6.07) is 10.7. The van der Waals surface area contributed by atoms with Gasteiger partial charge in [0.2, 0.25) is 0 Å². The lowest BCUT2D eigenvalue weighted by Crippen LogP contribution is -2.03. The largest absolute Gasteiger partial charge is 0.590 e. The van der Waals surface area contributed by atoms with E-state index in [0.29, 0.717) is 15.8 Å². The molecule has 1 aromatic heterocycles. The van der Waals surface area contributed by atoms with Crippen molar-refractivity contribution >= 4 is 42.5 Å². The summed E-state index contributed by atoms with van der Waals surface area (Å²) in [7, 11) is -1.28. The Morgan fingerprint density at radius 3 is 2.15 bits per heavy atom. The summed E-state index contributed by atoms with van der Waals surface area (Å²) in [6.07, 6.45) is 0. The summed E-state index contributed by atoms with van der Waals surface area (Å²) in [6.45, 7) is 2.85. The van der Waals surface area contributed by atoms with Gasteiger partial charge in [0.1, 0.15) is 0 Å². The van der Waals surface area contributed by atoms with Crippen molar-refractivity contribution < 1.29 is 14.1 Å². The van der Waals surface area contributed by atoms with Gasteiger partial charge in [-0.25, -0.2) is 0 Å². The smallest absolute Gasteiger partial charge is 0.181 e. The molecule has 1 atom stereocenters. The highest BCUT2D eigenvalue weighted by Gasteiger charge is 2.20. The summed E-state index contributed by atoms with van der Waals surface area (Å²) >= 11 is 0. The SMILES string of the molecule is CC(=O)c1cc2c3ccccc3[s+]([O-])c2cc1C(C)=O. The van der Waals surface area contributed by atoms with E-state index in [1.165, 1.54) is 13.8 Å². The Hall–Kier alpha value is -2.04. The number of Topliss-reactive ketones (excluding diaryl/α,β-unsaturated/α-hetero) is 2. The van der Waals surface area contributed by atoms with Crippen molar-refractivity contribution in [3.05, 3.63) is 47.5 Å². The van der Waals surface area contributed by atoms with Crippen molar-refractivity contribution in [2.24, 2.45) is 0 Å². The van der Waals surface area contributed by atoms with Crippen LogP contribution in [-0.2, 0) is 0 Å². The van der Waals surface area contributed by atoms with Crippen LogP contribution >= 0.6 is 10.8 Å². The molecule has 0 amide bonds. The number of benzene rings is 2. The van der Waals surface area contributed by atoms with Crippen LogP contribution in [-0.4, -0.2) is 16.1 Å². The second-order valence-corrected chi connectivity index (χ2v) is 6.19. The Labute approximate surface area is 118 Å². The van der Waals surface area contributed by atoms with Crippen LogP contribution in [0.3, 0.4) is 0 Å². The molecule has 3 rings (SSSR count). The van der Waals surface area contributed by atoms with Crippen molar-refractivity contribution in [1.29, 1.82) is 0 Å². The van der Waals surface area contributed by atoms with Gasteiger partial charge in [-0.15, -0.1) is 0 Å². The number of thiophene rings is 1. The van der Waals surface area contributed by atoms with Crippen LogP contribution in [0.1, 0.15) is 34.6 Å². The topological polar surface area (TPSA) is 57.2 Å². The van der Waals surface area contributed by atoms with Crippen LogP contribution in [0.25, 0.3) is 20.2 Å². The summed E-state index contributed by atoms with van der Waals surface area (Å²) < 4.78 is 13.8. The van der Waals surface area contributed by atoms with E-state index in [0.717, 1.165) is 15.5 Å². The Balaban J connectivity index is 2.53. The Bertz CT molecular complexity index is 874. The zero-order chi connectivity index (χ0) is 14.4. The fourth-order valence-electron chi connectivity index (χ4n) is 2.50. The van der Waals surface area contributed by atoms with E-state index in [2.05, 4.69) is 0 Å². The molecule has 2 aromatic carbocycles. The number of carbonyl (C=O) groups is 2. The molecule has 1 unspecified atom stereocenters. The molecule has 0 fully saturated rings. The molecule has 100 valence electrons. The molecule has 4 heteroatoms. The van der Waals surface area contributed by atoms with E-state index < -0.39 is 10.8 Å². The molecule has 20 heavy (non-hydrogen) atoms. The van der Waals surface area contributed by atoms with Crippen LogP contribution in [0.4, 0.5) is 0 Å². The molecule has 0 bridgehead atoms. The van der Waals surface area contributed by atoms with Crippen molar-refractivity contribution in [3.8, 4) is 0 Å². The summed E-state index contributed by atoms with van der Waals surface area (Å²) in [4.78, 5) is 23.4. The number of hydrogen-bond donors (Lipinski definition) is 0. The van der Waals surface area contributed by atoms with Gasteiger partial charge in [0.05, 0.1) is 0 Å². The van der Waals surface area contributed by atoms with Crippen molar-refractivity contribution in [2.45, 2.75) is 13.8 Å². The quantitative estimate of drug-likeness (QED) is 0.525. The van der Waals surface area contributed by atoms with Crippen LogP contribution in [0, 0.1) is 0 Å². The molecule has 0 saturated carbocycles. The van der Waals surface area contributed by atoms with Crippen molar-refractivity contribution in [3.63, 3.8) is 0 Å². The number of carbonyl (C=O) groups excluding carboxylic acids is 2. The standard InChI is InChI=1S/C16H12O3S/c1-9(17)12-7-14-11-5-3-4-6-15(11)20(19)16(14)8-13(12)10(2)18/h3-8H,1-2H3. The first-order chi connectivity index (χ1) is 9.50. The van der Waals surface area contributed by atoms with E-state index >= 15 is 0 Å². The van der Waals surface area contributed by atoms with E-state index in [9.17, 15) is 14.1 Å². The Morgan fingerprint density at radius 1 is 0.900 bits per heavy atom. The minimum atomic E-state index is -1.28. The third-order valence-corrected chi connectivity index (χ3v) is 4.95. The maximum atomic E-state index is 12.5. The zero-order valence-electron chi connectivity index (χ0n) is 11.1. The lowest BCUT2D eigenvalue weighted by atomic mass is 9.98. The molecule has 3 aromatic rings. The van der Waals surface area contributed by atoms with E-state index in [1.54, 1.807) is 12.1 Å². The predicted octanol–water partition coefficient (Wildman–Crippen LogP) is 4.13. The van der Waals surface area contributed by atoms with Gasteiger partial charge < -0.3 is 4.55 Å². The van der Waals surface area contributed by atoms with Gasteiger partial charge >= 0.3 is 0 Å². The summed E-state index contributed by atoms with van der Waals surface area (Å²) in [5.74, 6) is -0.348. The Morgan fingerprint density at radius 2 is 1.50 bits per heavy atom. The van der Waals surface area contributed by atoms with Crippen LogP contribution in [0.5, 0.6) is 0 Å². The maximum Gasteiger partial charge on any atom is 0.181 e. The second-order valence-electron chi connectivity index (χ2n) is 4.77. The first-order valence-corrected chi connectivity index (χ1v) is 7.37. The third kappa shape index (κ3) is 1.77. The molecule has 1 heterocycles. The number of fused-ring (bicyclic) bond motifs is 3. The van der Waals surface area contributed by atoms with Crippen molar-refractivity contribution in [1.82, 2.24) is 0 Å². The van der Waals surface area contributed by atoms with E-state index in [4.69, 9.17) is 0 Å². The first kappa shape index (κ1) is 13.0. The molecule has 0 radical (unpaired) electrons. The zero-order valence-corrected chi connectivity index (χ0v) is 11.9. The minimum absolute atomic E-state index is 0.159. The molecule has 3 nitrogen and oxygen atoms in total. The molecule has 0 aliphatic rings. The molecular weight excluding hydrogens is 272 g/mol. The van der Waals surface area contributed by atoms with Crippen LogP contribution < -0.4 is 0 Å². The van der Waals surface area contributed by atoms with Gasteiger partial charge in [0.15, 0.2) is 21.0 Å². The molecule has 0 aliphatic carbocycles. The van der Waals surface area contributed by atoms with Crippen LogP contribution in [0.2, 0.25) is 0 Å². The summed E-state index contributed by atoms with van der Waals surface area (Å²) in [5, 5.41) is 1.66. The first-order valence-electron chi connectivity index (χ1n) is 6.22. The van der Waals surface area contributed by atoms with E-state index in [-0.39, 0.29) is 11.6 Å². The van der Waals surface area contributed by atoms with E-state index in [1.807, 2.05) is 24.3 Å². The number of ketones is 2. The highest BCUT2D eigenvalue weighted by molar-refractivity contribution is 7.37. The fourth-order valence-corrected chi connectivity index (χ4v) is 3.91. The lowest BCUT2D eigenvalue weighted by Gasteiger charge is -2.03. The normalized spacial score (nSPS) is 12.1. The highest BCUT2D eigenvalue weighted by atomic mass is 32.2. The molecule has 0 saturated heterocycles. The number of hydrogen-bond acceptors (Lipinski definition) is 3. The highest BCUT2D eigenvalue weighted by Crippen LogP contribution is 2.41. The van der Waals surface area contributed by atoms with Crippen molar-refractivity contribution in [2.75, 3.05) is 0 Å². The van der Waals surface area contributed by atoms with Gasteiger partial charge in [-0.1, -0.05) is 12.1 Å². The van der Waals surface area contributed by atoms with Gasteiger partial charge in [-0.05, 0) is 42.8 Å². The average molecular weight is 284 g/mol. The van der Waals surface area contributed by atoms with Gasteiger partial charge in [-0.3, -0.25) is 9.59 Å². The lowest BCUT2D eigenvalue weighted by molar-refractivity contribution is 0.0981. The fraction of sp³-hybridized carbons (Fsp3) is 0.125. The Kier molecular flexibility index (Phi) is 2.92. The monoisotopic (exact) mass is 284 g/mol. The number of rotatable bonds is 2. The van der Waals surface area contributed by atoms with Gasteiger partial charge in [0.25, 0.3) is 0 Å². The summed E-state index contributed by atoms with van der Waals surface area (Å²) in [5.41, 5.74) is 0.738. The van der Waals surface area contributed by atoms with Gasteiger partial charge in [0, 0.05) is 28.0 Å². The molecule has 0 spiro atoms. The minimum Gasteiger partial charge on any atom is -0.590 e. The molecule has 0 N–H and O–H groups in total. The predicted molar refractivity (Wildman–Crippen MR) is 80.1 cm³/mol. The average Bonchev–Trinajstić information content (AvgIpc) is 2.71. The molecular formula is C16H12O3S. The second kappa shape index (κ2) is 4.51. The van der Waals surface area contributed by atoms with Gasteiger partial charge in [-0.2, -0.15) is 0 Å². The van der Waals surface area contributed by atoms with Crippen LogP contribution in [0.15, 0.2) is 36.4 Å².